The van der Waals surface area contributed by atoms with Gasteiger partial charge in [0.25, 0.3) is 5.91 Å². The van der Waals surface area contributed by atoms with E-state index in [0.717, 1.165) is 0 Å². The minimum Gasteiger partial charge on any atom is -0.497 e. The number of aromatic carboxylic acids is 1. The lowest BCUT2D eigenvalue weighted by molar-refractivity contribution is 0.0660. The van der Waals surface area contributed by atoms with Crippen LogP contribution in [0, 0.1) is 0 Å². The molecule has 2 aromatic rings. The first-order valence-corrected chi connectivity index (χ1v) is 5.87. The highest BCUT2D eigenvalue weighted by Gasteiger charge is 2.16. The molecule has 0 saturated heterocycles. The summed E-state index contributed by atoms with van der Waals surface area (Å²) in [6.07, 6.45) is 0. The highest BCUT2D eigenvalue weighted by atomic mass is 35.5. The molecule has 0 fully saturated rings. The van der Waals surface area contributed by atoms with Crippen LogP contribution in [-0.2, 0) is 0 Å². The van der Waals surface area contributed by atoms with Crippen LogP contribution in [0.25, 0.3) is 0 Å². The Morgan fingerprint density at radius 3 is 2.55 bits per heavy atom. The molecule has 6 nitrogen and oxygen atoms in total. The van der Waals surface area contributed by atoms with Crippen LogP contribution in [-0.4, -0.2) is 24.1 Å². The van der Waals surface area contributed by atoms with Crippen LogP contribution in [0.2, 0.25) is 5.02 Å². The second kappa shape index (κ2) is 5.66. The molecule has 1 amide bonds. The van der Waals surface area contributed by atoms with Gasteiger partial charge < -0.3 is 19.6 Å². The van der Waals surface area contributed by atoms with E-state index in [2.05, 4.69) is 5.32 Å². The standard InChI is InChI=1S/C13H10ClNO5/c1-19-7-2-3-8(14)9(6-7)15-12(16)10-4-5-11(20-10)13(17)18/h2-6H,1H3,(H,15,16)(H,17,18). The van der Waals surface area contributed by atoms with E-state index in [9.17, 15) is 9.59 Å². The van der Waals surface area contributed by atoms with E-state index in [4.69, 9.17) is 25.9 Å². The molecule has 104 valence electrons. The molecule has 0 unspecified atom stereocenters. The van der Waals surface area contributed by atoms with E-state index in [1.165, 1.54) is 19.2 Å². The molecular formula is C13H10ClNO5. The van der Waals surface area contributed by atoms with Gasteiger partial charge in [-0.3, -0.25) is 4.79 Å². The summed E-state index contributed by atoms with van der Waals surface area (Å²) in [5, 5.41) is 11.6. The fraction of sp³-hybridized carbons (Fsp3) is 0.0769. The fourth-order valence-electron chi connectivity index (χ4n) is 1.49. The minimum atomic E-state index is -1.25. The molecule has 0 radical (unpaired) electrons. The smallest absolute Gasteiger partial charge is 0.371 e. The number of carboxylic acids is 1. The van der Waals surface area contributed by atoms with E-state index in [1.54, 1.807) is 18.2 Å². The van der Waals surface area contributed by atoms with Crippen molar-refractivity contribution < 1.29 is 23.8 Å². The number of anilines is 1. The number of carbonyl (C=O) groups excluding carboxylic acids is 1. The van der Waals surface area contributed by atoms with Gasteiger partial charge in [0.05, 0.1) is 17.8 Å². The van der Waals surface area contributed by atoms with Gasteiger partial charge in [0.1, 0.15) is 5.75 Å². The number of carbonyl (C=O) groups is 2. The average molecular weight is 296 g/mol. The number of nitrogens with one attached hydrogen (secondary N) is 1. The number of amides is 1. The molecule has 2 N–H and O–H groups in total. The van der Waals surface area contributed by atoms with Crippen molar-refractivity contribution in [1.82, 2.24) is 0 Å². The third kappa shape index (κ3) is 2.92. The van der Waals surface area contributed by atoms with E-state index < -0.39 is 11.9 Å². The summed E-state index contributed by atoms with van der Waals surface area (Å²) in [7, 11) is 1.49. The van der Waals surface area contributed by atoms with E-state index in [-0.39, 0.29) is 11.5 Å². The molecule has 7 heteroatoms. The van der Waals surface area contributed by atoms with Crippen LogP contribution >= 0.6 is 11.6 Å². The van der Waals surface area contributed by atoms with Gasteiger partial charge >= 0.3 is 5.97 Å². The Kier molecular flexibility index (Phi) is 3.95. The topological polar surface area (TPSA) is 88.8 Å². The Morgan fingerprint density at radius 1 is 1.25 bits per heavy atom. The van der Waals surface area contributed by atoms with E-state index >= 15 is 0 Å². The molecule has 0 aliphatic carbocycles. The lowest BCUT2D eigenvalue weighted by Crippen LogP contribution is -2.11. The fourth-order valence-corrected chi connectivity index (χ4v) is 1.65. The third-order valence-electron chi connectivity index (χ3n) is 2.46. The van der Waals surface area contributed by atoms with Gasteiger partial charge in [-0.05, 0) is 24.3 Å². The first-order valence-electron chi connectivity index (χ1n) is 5.49. The van der Waals surface area contributed by atoms with Crippen LogP contribution in [0.3, 0.4) is 0 Å². The summed E-state index contributed by atoms with van der Waals surface area (Å²) < 4.78 is 9.91. The predicted molar refractivity (Wildman–Crippen MR) is 71.6 cm³/mol. The summed E-state index contributed by atoms with van der Waals surface area (Å²) in [5.74, 6) is -1.76. The number of furan rings is 1. The van der Waals surface area contributed by atoms with Crippen molar-refractivity contribution in [2.45, 2.75) is 0 Å². The number of hydrogen-bond donors (Lipinski definition) is 2. The molecule has 0 saturated carbocycles. The van der Waals surface area contributed by atoms with Crippen LogP contribution in [0.4, 0.5) is 5.69 Å². The Balaban J connectivity index is 2.20. The van der Waals surface area contributed by atoms with Gasteiger partial charge in [0, 0.05) is 6.07 Å². The van der Waals surface area contributed by atoms with Gasteiger partial charge in [-0.1, -0.05) is 11.6 Å². The van der Waals surface area contributed by atoms with Crippen LogP contribution in [0.15, 0.2) is 34.7 Å². The number of carboxylic acid groups (broad SMARTS) is 1. The molecule has 0 aliphatic heterocycles. The zero-order valence-electron chi connectivity index (χ0n) is 10.3. The molecule has 0 bridgehead atoms. The second-order valence-electron chi connectivity index (χ2n) is 3.77. The first kappa shape index (κ1) is 14.0. The van der Waals surface area contributed by atoms with Crippen molar-refractivity contribution in [1.29, 1.82) is 0 Å². The second-order valence-corrected chi connectivity index (χ2v) is 4.18. The first-order chi connectivity index (χ1) is 9.51. The maximum Gasteiger partial charge on any atom is 0.371 e. The van der Waals surface area contributed by atoms with Gasteiger partial charge in [-0.15, -0.1) is 0 Å². The van der Waals surface area contributed by atoms with E-state index in [0.29, 0.717) is 16.5 Å². The highest BCUT2D eigenvalue weighted by molar-refractivity contribution is 6.34. The zero-order valence-corrected chi connectivity index (χ0v) is 11.1. The normalized spacial score (nSPS) is 10.1. The lowest BCUT2D eigenvalue weighted by Gasteiger charge is -2.07. The molecule has 0 atom stereocenters. The number of halogens is 1. The number of methoxy groups -OCH3 is 1. The van der Waals surface area contributed by atoms with Crippen molar-refractivity contribution >= 4 is 29.2 Å². The van der Waals surface area contributed by atoms with Crippen LogP contribution in [0.1, 0.15) is 21.1 Å². The maximum absolute atomic E-state index is 11.9. The van der Waals surface area contributed by atoms with Gasteiger partial charge in [0.2, 0.25) is 5.76 Å². The summed E-state index contributed by atoms with van der Waals surface area (Å²) >= 11 is 5.95. The van der Waals surface area contributed by atoms with Crippen LogP contribution < -0.4 is 10.1 Å². The molecule has 0 aliphatic rings. The lowest BCUT2D eigenvalue weighted by atomic mass is 10.3. The monoisotopic (exact) mass is 295 g/mol. The van der Waals surface area contributed by atoms with Gasteiger partial charge in [-0.25, -0.2) is 4.79 Å². The molecule has 1 aromatic heterocycles. The summed E-state index contributed by atoms with van der Waals surface area (Å²) in [6, 6.07) is 7.23. The summed E-state index contributed by atoms with van der Waals surface area (Å²) in [4.78, 5) is 22.6. The Hall–Kier alpha value is -2.47. The number of hydrogen-bond acceptors (Lipinski definition) is 4. The summed E-state index contributed by atoms with van der Waals surface area (Å²) in [6.45, 7) is 0. The molecule has 1 heterocycles. The zero-order chi connectivity index (χ0) is 14.7. The van der Waals surface area contributed by atoms with Gasteiger partial charge in [-0.2, -0.15) is 0 Å². The Bertz CT molecular complexity index is 665. The highest BCUT2D eigenvalue weighted by Crippen LogP contribution is 2.27. The number of rotatable bonds is 4. The van der Waals surface area contributed by atoms with Crippen molar-refractivity contribution in [2.75, 3.05) is 12.4 Å². The summed E-state index contributed by atoms with van der Waals surface area (Å²) in [5.41, 5.74) is 0.337. The van der Waals surface area contributed by atoms with Crippen molar-refractivity contribution in [3.8, 4) is 5.75 Å². The molecule has 0 spiro atoms. The van der Waals surface area contributed by atoms with Crippen molar-refractivity contribution in [3.63, 3.8) is 0 Å². The Labute approximate surface area is 118 Å². The minimum absolute atomic E-state index is 0.124. The van der Waals surface area contributed by atoms with Gasteiger partial charge in [0.15, 0.2) is 5.76 Å². The molecular weight excluding hydrogens is 286 g/mol. The number of ether oxygens (including phenoxy) is 1. The SMILES string of the molecule is COc1ccc(Cl)c(NC(=O)c2ccc(C(=O)O)o2)c1. The maximum atomic E-state index is 11.9. The third-order valence-corrected chi connectivity index (χ3v) is 2.79. The molecule has 1 aromatic carbocycles. The number of benzene rings is 1. The Morgan fingerprint density at radius 2 is 1.95 bits per heavy atom. The molecule has 20 heavy (non-hydrogen) atoms. The quantitative estimate of drug-likeness (QED) is 0.905. The van der Waals surface area contributed by atoms with Crippen molar-refractivity contribution in [2.24, 2.45) is 0 Å². The van der Waals surface area contributed by atoms with Crippen molar-refractivity contribution in [3.05, 3.63) is 46.9 Å². The predicted octanol–water partition coefficient (Wildman–Crippen LogP) is 2.89. The largest absolute Gasteiger partial charge is 0.497 e. The van der Waals surface area contributed by atoms with Crippen LogP contribution in [0.5, 0.6) is 5.75 Å². The molecule has 2 rings (SSSR count). The van der Waals surface area contributed by atoms with E-state index in [1.807, 2.05) is 0 Å². The average Bonchev–Trinajstić information content (AvgIpc) is 2.91.